The number of benzene rings is 1. The zero-order valence-corrected chi connectivity index (χ0v) is 16.8. The molecular formula is C24H29N3O2. The number of rotatable bonds is 4. The molecule has 2 aliphatic heterocycles. The predicted octanol–water partition coefficient (Wildman–Crippen LogP) is 2.91. The first-order valence-corrected chi connectivity index (χ1v) is 10.9. The van der Waals surface area contributed by atoms with Gasteiger partial charge in [-0.2, -0.15) is 0 Å². The van der Waals surface area contributed by atoms with E-state index in [0.717, 1.165) is 50.9 Å². The molecule has 0 spiro atoms. The summed E-state index contributed by atoms with van der Waals surface area (Å²) in [7, 11) is 0. The molecule has 3 fully saturated rings. The number of hydrogen-bond acceptors (Lipinski definition) is 4. The van der Waals surface area contributed by atoms with E-state index < -0.39 is 0 Å². The summed E-state index contributed by atoms with van der Waals surface area (Å²) < 4.78 is 0. The lowest BCUT2D eigenvalue weighted by Gasteiger charge is -2.57. The van der Waals surface area contributed by atoms with Gasteiger partial charge < -0.3 is 10.0 Å². The van der Waals surface area contributed by atoms with Crippen LogP contribution in [0.25, 0.3) is 11.1 Å². The Kier molecular flexibility index (Phi) is 5.10. The van der Waals surface area contributed by atoms with Crippen molar-refractivity contribution in [2.45, 2.75) is 43.7 Å². The van der Waals surface area contributed by atoms with Gasteiger partial charge in [-0.05, 0) is 61.1 Å². The number of aromatic nitrogens is 1. The predicted molar refractivity (Wildman–Crippen MR) is 112 cm³/mol. The SMILES string of the molecule is O=C(C1CC1)N1CCCCN2[C@H](CO)[C@H](c3ccc(-c4ccncc4)cc3)[C@@H]2C1. The van der Waals surface area contributed by atoms with Crippen LogP contribution in [0.3, 0.4) is 0 Å². The number of carbonyl (C=O) groups excluding carboxylic acids is 1. The van der Waals surface area contributed by atoms with Gasteiger partial charge in [-0.3, -0.25) is 14.7 Å². The average molecular weight is 392 g/mol. The highest BCUT2D eigenvalue weighted by Crippen LogP contribution is 2.43. The number of aliphatic hydroxyl groups excluding tert-OH is 1. The van der Waals surface area contributed by atoms with Gasteiger partial charge in [-0.1, -0.05) is 24.3 Å². The van der Waals surface area contributed by atoms with Crippen molar-refractivity contribution in [3.05, 3.63) is 54.4 Å². The molecular weight excluding hydrogens is 362 g/mol. The smallest absolute Gasteiger partial charge is 0.225 e. The molecule has 5 heteroatoms. The number of aliphatic hydroxyl groups is 1. The molecule has 5 nitrogen and oxygen atoms in total. The van der Waals surface area contributed by atoms with Crippen LogP contribution >= 0.6 is 0 Å². The maximum absolute atomic E-state index is 12.8. The quantitative estimate of drug-likeness (QED) is 0.871. The Bertz CT molecular complexity index is 850. The van der Waals surface area contributed by atoms with Crippen molar-refractivity contribution in [2.24, 2.45) is 5.92 Å². The number of pyridine rings is 1. The molecule has 0 bridgehead atoms. The van der Waals surface area contributed by atoms with Crippen LogP contribution in [-0.4, -0.2) is 64.1 Å². The van der Waals surface area contributed by atoms with Crippen molar-refractivity contribution in [3.63, 3.8) is 0 Å². The molecule has 0 radical (unpaired) electrons. The first-order valence-electron chi connectivity index (χ1n) is 10.9. The van der Waals surface area contributed by atoms with Gasteiger partial charge in [0, 0.05) is 49.4 Å². The first-order chi connectivity index (χ1) is 14.3. The summed E-state index contributed by atoms with van der Waals surface area (Å²) >= 11 is 0. The van der Waals surface area contributed by atoms with Crippen molar-refractivity contribution in [3.8, 4) is 11.1 Å². The number of amides is 1. The van der Waals surface area contributed by atoms with E-state index in [0.29, 0.717) is 11.9 Å². The second kappa shape index (κ2) is 7.88. The van der Waals surface area contributed by atoms with Crippen LogP contribution in [0.15, 0.2) is 48.8 Å². The molecule has 1 amide bonds. The third-order valence-electron chi connectivity index (χ3n) is 6.92. The molecule has 3 atom stereocenters. The second-order valence-corrected chi connectivity index (χ2v) is 8.70. The lowest BCUT2D eigenvalue weighted by Crippen LogP contribution is -2.68. The lowest BCUT2D eigenvalue weighted by molar-refractivity contribution is -0.137. The number of carbonyl (C=O) groups is 1. The summed E-state index contributed by atoms with van der Waals surface area (Å²) in [5, 5.41) is 10.1. The summed E-state index contributed by atoms with van der Waals surface area (Å²) in [6.07, 6.45) is 7.90. The number of hydrogen-bond donors (Lipinski definition) is 1. The third-order valence-corrected chi connectivity index (χ3v) is 6.92. The summed E-state index contributed by atoms with van der Waals surface area (Å²) in [4.78, 5) is 21.4. The van der Waals surface area contributed by atoms with Gasteiger partial charge in [0.05, 0.1) is 6.61 Å². The van der Waals surface area contributed by atoms with Gasteiger partial charge in [0.1, 0.15) is 0 Å². The van der Waals surface area contributed by atoms with Crippen LogP contribution in [-0.2, 0) is 4.79 Å². The minimum atomic E-state index is 0.155. The molecule has 0 unspecified atom stereocenters. The van der Waals surface area contributed by atoms with Crippen LogP contribution in [0.5, 0.6) is 0 Å². The summed E-state index contributed by atoms with van der Waals surface area (Å²) in [6.45, 7) is 2.87. The van der Waals surface area contributed by atoms with Crippen LogP contribution < -0.4 is 0 Å². The van der Waals surface area contributed by atoms with Gasteiger partial charge in [0.2, 0.25) is 5.91 Å². The summed E-state index contributed by atoms with van der Waals surface area (Å²) in [5.74, 6) is 0.903. The molecule has 3 aliphatic rings. The van der Waals surface area contributed by atoms with E-state index in [4.69, 9.17) is 0 Å². The largest absolute Gasteiger partial charge is 0.395 e. The Balaban J connectivity index is 1.38. The van der Waals surface area contributed by atoms with Gasteiger partial charge in [0.15, 0.2) is 0 Å². The van der Waals surface area contributed by atoms with Crippen molar-refractivity contribution >= 4 is 5.91 Å². The fourth-order valence-corrected chi connectivity index (χ4v) is 5.17. The second-order valence-electron chi connectivity index (χ2n) is 8.70. The summed E-state index contributed by atoms with van der Waals surface area (Å²) in [5.41, 5.74) is 3.60. The average Bonchev–Trinajstić information content (AvgIpc) is 3.59. The molecule has 1 aromatic carbocycles. The molecule has 1 saturated carbocycles. The molecule has 29 heavy (non-hydrogen) atoms. The molecule has 5 rings (SSSR count). The van der Waals surface area contributed by atoms with E-state index in [2.05, 4.69) is 39.0 Å². The highest BCUT2D eigenvalue weighted by Gasteiger charge is 2.50. The van der Waals surface area contributed by atoms with Crippen LogP contribution in [0.1, 0.15) is 37.2 Å². The minimum Gasteiger partial charge on any atom is -0.395 e. The maximum atomic E-state index is 12.8. The van der Waals surface area contributed by atoms with Crippen LogP contribution in [0, 0.1) is 5.92 Å². The fraction of sp³-hybridized carbons (Fsp3) is 0.500. The first kappa shape index (κ1) is 18.8. The Hall–Kier alpha value is -2.24. The monoisotopic (exact) mass is 391 g/mol. The maximum Gasteiger partial charge on any atom is 0.225 e. The minimum absolute atomic E-state index is 0.155. The third kappa shape index (κ3) is 3.58. The number of fused-ring (bicyclic) bond motifs is 1. The Morgan fingerprint density at radius 2 is 1.69 bits per heavy atom. The molecule has 1 aromatic heterocycles. The standard InChI is InChI=1S/C24H29N3O2/c28-16-22-23(19-5-3-17(4-6-19)18-9-11-25-12-10-18)21-15-26(24(29)20-7-8-20)13-1-2-14-27(21)22/h3-6,9-12,20-23,28H,1-2,7-8,13-16H2/t21-,22+,23+/m0/s1. The zero-order chi connectivity index (χ0) is 19.8. The highest BCUT2D eigenvalue weighted by molar-refractivity contribution is 5.81. The highest BCUT2D eigenvalue weighted by atomic mass is 16.3. The van der Waals surface area contributed by atoms with Gasteiger partial charge in [-0.25, -0.2) is 0 Å². The van der Waals surface area contributed by atoms with E-state index in [1.54, 1.807) is 0 Å². The molecule has 1 N–H and O–H groups in total. The molecule has 152 valence electrons. The van der Waals surface area contributed by atoms with Crippen molar-refractivity contribution in [1.82, 2.24) is 14.8 Å². The van der Waals surface area contributed by atoms with Crippen molar-refractivity contribution in [1.29, 1.82) is 0 Å². The van der Waals surface area contributed by atoms with Crippen molar-refractivity contribution < 1.29 is 9.90 Å². The van der Waals surface area contributed by atoms with Gasteiger partial charge in [0.25, 0.3) is 0 Å². The molecule has 1 aliphatic carbocycles. The number of nitrogens with zero attached hydrogens (tertiary/aromatic N) is 3. The van der Waals surface area contributed by atoms with E-state index >= 15 is 0 Å². The topological polar surface area (TPSA) is 56.7 Å². The molecule has 3 heterocycles. The zero-order valence-electron chi connectivity index (χ0n) is 16.8. The summed E-state index contributed by atoms with van der Waals surface area (Å²) in [6, 6.07) is 13.2. The van der Waals surface area contributed by atoms with E-state index in [-0.39, 0.29) is 24.5 Å². The molecule has 2 aromatic rings. The van der Waals surface area contributed by atoms with Crippen LogP contribution in [0.2, 0.25) is 0 Å². The van der Waals surface area contributed by atoms with E-state index in [1.165, 1.54) is 11.1 Å². The lowest BCUT2D eigenvalue weighted by atomic mass is 9.74. The molecule has 2 saturated heterocycles. The van der Waals surface area contributed by atoms with Gasteiger partial charge >= 0.3 is 0 Å². The van der Waals surface area contributed by atoms with Crippen molar-refractivity contribution in [2.75, 3.05) is 26.2 Å². The normalized spacial score (nSPS) is 27.5. The van der Waals surface area contributed by atoms with E-state index in [1.807, 2.05) is 24.5 Å². The Labute approximate surface area is 172 Å². The van der Waals surface area contributed by atoms with Gasteiger partial charge in [-0.15, -0.1) is 0 Å². The Morgan fingerprint density at radius 1 is 1.00 bits per heavy atom. The van der Waals surface area contributed by atoms with E-state index in [9.17, 15) is 9.90 Å². The van der Waals surface area contributed by atoms with Crippen LogP contribution in [0.4, 0.5) is 0 Å². The fourth-order valence-electron chi connectivity index (χ4n) is 5.17. The Morgan fingerprint density at radius 3 is 2.38 bits per heavy atom.